The molecule has 0 fully saturated rings. The Morgan fingerprint density at radius 2 is 2.00 bits per heavy atom. The second kappa shape index (κ2) is 6.64. The molecule has 0 aliphatic carbocycles. The summed E-state index contributed by atoms with van der Waals surface area (Å²) in [6.07, 6.45) is 4.74. The Kier molecular flexibility index (Phi) is 4.88. The van der Waals surface area contributed by atoms with Gasteiger partial charge in [-0.25, -0.2) is 9.97 Å². The van der Waals surface area contributed by atoms with Crippen molar-refractivity contribution in [2.75, 3.05) is 6.54 Å². The lowest BCUT2D eigenvalue weighted by molar-refractivity contribution is 0.571. The van der Waals surface area contributed by atoms with Crippen molar-refractivity contribution in [1.82, 2.24) is 15.3 Å². The van der Waals surface area contributed by atoms with E-state index in [9.17, 15) is 0 Å². The first-order valence-electron chi connectivity index (χ1n) is 6.48. The zero-order valence-corrected chi connectivity index (χ0v) is 12.0. The number of benzene rings is 1. The van der Waals surface area contributed by atoms with E-state index in [0.29, 0.717) is 0 Å². The van der Waals surface area contributed by atoms with Crippen molar-refractivity contribution in [1.29, 1.82) is 0 Å². The Hall–Kier alpha value is -1.45. The molecule has 1 unspecified atom stereocenters. The quantitative estimate of drug-likeness (QED) is 0.907. The van der Waals surface area contributed by atoms with Gasteiger partial charge in [0.2, 0.25) is 0 Å². The van der Waals surface area contributed by atoms with Crippen LogP contribution < -0.4 is 5.32 Å². The van der Waals surface area contributed by atoms with Gasteiger partial charge >= 0.3 is 0 Å². The van der Waals surface area contributed by atoms with Gasteiger partial charge in [0.25, 0.3) is 0 Å². The second-order valence-electron chi connectivity index (χ2n) is 4.56. The number of halogens is 1. The standard InChI is InChI=1S/C15H18ClN3/c1-3-7-17-14(12-5-4-6-13(16)8-12)15-18-9-11(2)10-19-15/h4-6,8-10,14,17H,3,7H2,1-2H3. The molecule has 1 heterocycles. The Labute approximate surface area is 119 Å². The number of rotatable bonds is 5. The van der Waals surface area contributed by atoms with E-state index in [1.165, 1.54) is 0 Å². The van der Waals surface area contributed by atoms with Crippen LogP contribution in [0.1, 0.15) is 36.3 Å². The summed E-state index contributed by atoms with van der Waals surface area (Å²) in [5, 5.41) is 4.19. The number of aromatic nitrogens is 2. The molecule has 1 aromatic heterocycles. The van der Waals surface area contributed by atoms with Gasteiger partial charge in [-0.1, -0.05) is 30.7 Å². The summed E-state index contributed by atoms with van der Waals surface area (Å²) in [5.74, 6) is 0.779. The van der Waals surface area contributed by atoms with Gasteiger partial charge in [0.1, 0.15) is 5.82 Å². The smallest absolute Gasteiger partial charge is 0.149 e. The summed E-state index contributed by atoms with van der Waals surface area (Å²) in [6.45, 7) is 5.03. The Balaban J connectivity index is 2.32. The molecule has 0 amide bonds. The Morgan fingerprint density at radius 3 is 2.63 bits per heavy atom. The molecule has 2 aromatic rings. The zero-order valence-electron chi connectivity index (χ0n) is 11.2. The van der Waals surface area contributed by atoms with Crippen molar-refractivity contribution in [2.24, 2.45) is 0 Å². The van der Waals surface area contributed by atoms with Crippen molar-refractivity contribution >= 4 is 11.6 Å². The van der Waals surface area contributed by atoms with Gasteiger partial charge < -0.3 is 5.32 Å². The van der Waals surface area contributed by atoms with Crippen LogP contribution in [-0.2, 0) is 0 Å². The fraction of sp³-hybridized carbons (Fsp3) is 0.333. The van der Waals surface area contributed by atoms with E-state index in [1.54, 1.807) is 0 Å². The van der Waals surface area contributed by atoms with Gasteiger partial charge in [0.15, 0.2) is 0 Å². The van der Waals surface area contributed by atoms with E-state index >= 15 is 0 Å². The second-order valence-corrected chi connectivity index (χ2v) is 5.00. The Bertz CT molecular complexity index is 525. The molecule has 3 nitrogen and oxygen atoms in total. The molecule has 1 atom stereocenters. The molecule has 100 valence electrons. The maximum Gasteiger partial charge on any atom is 0.149 e. The van der Waals surface area contributed by atoms with E-state index in [1.807, 2.05) is 43.6 Å². The average molecular weight is 276 g/mol. The highest BCUT2D eigenvalue weighted by molar-refractivity contribution is 6.30. The van der Waals surface area contributed by atoms with Crippen LogP contribution >= 0.6 is 11.6 Å². The van der Waals surface area contributed by atoms with Gasteiger partial charge in [-0.05, 0) is 43.1 Å². The van der Waals surface area contributed by atoms with Gasteiger partial charge in [0, 0.05) is 17.4 Å². The molecule has 0 aliphatic heterocycles. The largest absolute Gasteiger partial charge is 0.304 e. The number of hydrogen-bond donors (Lipinski definition) is 1. The van der Waals surface area contributed by atoms with Crippen LogP contribution in [0.25, 0.3) is 0 Å². The summed E-state index contributed by atoms with van der Waals surface area (Å²) < 4.78 is 0. The molecule has 19 heavy (non-hydrogen) atoms. The van der Waals surface area contributed by atoms with Crippen LogP contribution in [0.5, 0.6) is 0 Å². The minimum atomic E-state index is -0.0146. The van der Waals surface area contributed by atoms with Gasteiger partial charge in [0.05, 0.1) is 6.04 Å². The van der Waals surface area contributed by atoms with Crippen LogP contribution in [0.2, 0.25) is 5.02 Å². The van der Waals surface area contributed by atoms with Crippen LogP contribution in [0.4, 0.5) is 0 Å². The van der Waals surface area contributed by atoms with Crippen molar-refractivity contribution in [3.05, 3.63) is 58.6 Å². The summed E-state index contributed by atoms with van der Waals surface area (Å²) in [6, 6.07) is 7.81. The number of nitrogens with zero attached hydrogens (tertiary/aromatic N) is 2. The molecule has 0 aliphatic rings. The minimum absolute atomic E-state index is 0.0146. The van der Waals surface area contributed by atoms with Crippen molar-refractivity contribution in [3.63, 3.8) is 0 Å². The monoisotopic (exact) mass is 275 g/mol. The number of aryl methyl sites for hydroxylation is 1. The van der Waals surface area contributed by atoms with Crippen LogP contribution in [0.15, 0.2) is 36.7 Å². The first kappa shape index (κ1) is 14.0. The number of nitrogens with one attached hydrogen (secondary N) is 1. The van der Waals surface area contributed by atoms with E-state index in [0.717, 1.165) is 34.9 Å². The highest BCUT2D eigenvalue weighted by Gasteiger charge is 2.16. The first-order chi connectivity index (χ1) is 9.20. The summed E-state index contributed by atoms with van der Waals surface area (Å²) in [7, 11) is 0. The Morgan fingerprint density at radius 1 is 1.26 bits per heavy atom. The molecule has 1 N–H and O–H groups in total. The topological polar surface area (TPSA) is 37.8 Å². The summed E-state index contributed by atoms with van der Waals surface area (Å²) >= 11 is 6.07. The van der Waals surface area contributed by atoms with Crippen molar-refractivity contribution < 1.29 is 0 Å². The highest BCUT2D eigenvalue weighted by Crippen LogP contribution is 2.22. The lowest BCUT2D eigenvalue weighted by atomic mass is 10.1. The third-order valence-corrected chi connectivity index (χ3v) is 3.07. The third kappa shape index (κ3) is 3.75. The predicted octanol–water partition coefficient (Wildman–Crippen LogP) is 3.53. The molecule has 0 saturated carbocycles. The normalized spacial score (nSPS) is 12.4. The minimum Gasteiger partial charge on any atom is -0.304 e. The van der Waals surface area contributed by atoms with Gasteiger partial charge in [-0.15, -0.1) is 0 Å². The van der Waals surface area contributed by atoms with Gasteiger partial charge in [-0.2, -0.15) is 0 Å². The zero-order chi connectivity index (χ0) is 13.7. The van der Waals surface area contributed by atoms with Crippen LogP contribution in [0.3, 0.4) is 0 Å². The molecule has 0 radical (unpaired) electrons. The third-order valence-electron chi connectivity index (χ3n) is 2.84. The maximum atomic E-state index is 6.07. The molecule has 0 bridgehead atoms. The first-order valence-corrected chi connectivity index (χ1v) is 6.86. The van der Waals surface area contributed by atoms with E-state index in [-0.39, 0.29) is 6.04 Å². The molecular weight excluding hydrogens is 258 g/mol. The molecule has 1 aromatic carbocycles. The summed E-state index contributed by atoms with van der Waals surface area (Å²) in [4.78, 5) is 8.84. The van der Waals surface area contributed by atoms with E-state index in [4.69, 9.17) is 11.6 Å². The molecule has 0 saturated heterocycles. The van der Waals surface area contributed by atoms with Crippen LogP contribution in [-0.4, -0.2) is 16.5 Å². The van der Waals surface area contributed by atoms with Crippen molar-refractivity contribution in [2.45, 2.75) is 26.3 Å². The SMILES string of the molecule is CCCNC(c1cccc(Cl)c1)c1ncc(C)cn1. The number of hydrogen-bond acceptors (Lipinski definition) is 3. The fourth-order valence-corrected chi connectivity index (χ4v) is 2.08. The fourth-order valence-electron chi connectivity index (χ4n) is 1.88. The molecule has 2 rings (SSSR count). The summed E-state index contributed by atoms with van der Waals surface area (Å²) in [5.41, 5.74) is 2.15. The van der Waals surface area contributed by atoms with E-state index < -0.39 is 0 Å². The molecule has 0 spiro atoms. The average Bonchev–Trinajstić information content (AvgIpc) is 2.41. The highest BCUT2D eigenvalue weighted by atomic mass is 35.5. The van der Waals surface area contributed by atoms with Crippen molar-refractivity contribution in [3.8, 4) is 0 Å². The lowest BCUT2D eigenvalue weighted by Gasteiger charge is -2.17. The predicted molar refractivity (Wildman–Crippen MR) is 78.4 cm³/mol. The maximum absolute atomic E-state index is 6.07. The molecular formula is C15H18ClN3. The lowest BCUT2D eigenvalue weighted by Crippen LogP contribution is -2.25. The van der Waals surface area contributed by atoms with Crippen LogP contribution in [0, 0.1) is 6.92 Å². The van der Waals surface area contributed by atoms with E-state index in [2.05, 4.69) is 22.2 Å². The van der Waals surface area contributed by atoms with Gasteiger partial charge in [-0.3, -0.25) is 0 Å². The molecule has 4 heteroatoms.